The van der Waals surface area contributed by atoms with Crippen molar-refractivity contribution in [2.24, 2.45) is 0 Å². The van der Waals surface area contributed by atoms with Crippen LogP contribution in [0.4, 0.5) is 13.2 Å². The molecule has 0 heterocycles. The Hall–Kier alpha value is -2.25. The van der Waals surface area contributed by atoms with Crippen LogP contribution in [-0.2, 0) is 11.0 Å². The zero-order chi connectivity index (χ0) is 17.2. The van der Waals surface area contributed by atoms with Gasteiger partial charge in [0.05, 0.1) is 5.56 Å². The van der Waals surface area contributed by atoms with E-state index in [1.54, 1.807) is 0 Å². The summed E-state index contributed by atoms with van der Waals surface area (Å²) in [4.78, 5) is 10.7. The number of aliphatic carboxylic acids is 1. The number of carboxylic acid groups (broad SMARTS) is 1. The minimum atomic E-state index is -4.84. The molecular formula is C15H10ClF3O4. The molecule has 0 amide bonds. The fourth-order valence-electron chi connectivity index (χ4n) is 1.85. The van der Waals surface area contributed by atoms with Crippen molar-refractivity contribution in [1.82, 2.24) is 0 Å². The van der Waals surface area contributed by atoms with E-state index in [4.69, 9.17) is 21.4 Å². The second kappa shape index (κ2) is 6.47. The molecular weight excluding hydrogens is 337 g/mol. The zero-order valence-corrected chi connectivity index (χ0v) is 12.1. The maximum Gasteiger partial charge on any atom is 0.416 e. The van der Waals surface area contributed by atoms with Crippen LogP contribution in [0, 0.1) is 0 Å². The van der Waals surface area contributed by atoms with Crippen molar-refractivity contribution < 1.29 is 32.9 Å². The summed E-state index contributed by atoms with van der Waals surface area (Å²) in [5.41, 5.74) is -2.03. The van der Waals surface area contributed by atoms with Crippen molar-refractivity contribution in [3.8, 4) is 11.5 Å². The summed E-state index contributed by atoms with van der Waals surface area (Å²) < 4.78 is 44.5. The molecule has 0 saturated carbocycles. The van der Waals surface area contributed by atoms with Gasteiger partial charge in [0.2, 0.25) is 0 Å². The number of hydrogen-bond donors (Lipinski definition) is 2. The highest BCUT2D eigenvalue weighted by molar-refractivity contribution is 6.30. The molecule has 0 radical (unpaired) electrons. The molecule has 1 unspecified atom stereocenters. The minimum absolute atomic E-state index is 0.152. The lowest BCUT2D eigenvalue weighted by Gasteiger charge is -2.16. The van der Waals surface area contributed by atoms with Gasteiger partial charge in [0.25, 0.3) is 0 Å². The molecule has 0 fully saturated rings. The van der Waals surface area contributed by atoms with Gasteiger partial charge in [-0.05, 0) is 36.4 Å². The van der Waals surface area contributed by atoms with E-state index >= 15 is 0 Å². The average Bonchev–Trinajstić information content (AvgIpc) is 2.48. The number of rotatable bonds is 4. The predicted octanol–water partition coefficient (Wildman–Crippen LogP) is 4.27. The van der Waals surface area contributed by atoms with E-state index < -0.39 is 29.4 Å². The van der Waals surface area contributed by atoms with Gasteiger partial charge in [0.15, 0.2) is 6.10 Å². The Balaban J connectivity index is 2.40. The first-order chi connectivity index (χ1) is 10.7. The Morgan fingerprint density at radius 1 is 1.09 bits per heavy atom. The van der Waals surface area contributed by atoms with Crippen LogP contribution >= 0.6 is 11.6 Å². The first-order valence-corrected chi connectivity index (χ1v) is 6.61. The number of aliphatic hydroxyl groups excluding tert-OH is 1. The van der Waals surface area contributed by atoms with Gasteiger partial charge in [-0.1, -0.05) is 17.7 Å². The van der Waals surface area contributed by atoms with Crippen LogP contribution in [0.3, 0.4) is 0 Å². The maximum absolute atomic E-state index is 13.1. The summed E-state index contributed by atoms with van der Waals surface area (Å²) in [6.45, 7) is 0. The second-order valence-corrected chi connectivity index (χ2v) is 4.98. The van der Waals surface area contributed by atoms with E-state index in [9.17, 15) is 23.1 Å². The van der Waals surface area contributed by atoms with Crippen LogP contribution < -0.4 is 4.74 Å². The van der Waals surface area contributed by atoms with E-state index in [1.807, 2.05) is 0 Å². The molecule has 0 bridgehead atoms. The van der Waals surface area contributed by atoms with Gasteiger partial charge in [0.1, 0.15) is 11.5 Å². The third-order valence-corrected chi connectivity index (χ3v) is 3.16. The molecule has 8 heteroatoms. The number of carboxylic acids is 1. The summed E-state index contributed by atoms with van der Waals surface area (Å²) in [6.07, 6.45) is -7.12. The number of ether oxygens (including phenoxy) is 1. The molecule has 0 aromatic heterocycles. The first-order valence-electron chi connectivity index (χ1n) is 6.24. The van der Waals surface area contributed by atoms with Crippen molar-refractivity contribution in [3.63, 3.8) is 0 Å². The highest BCUT2D eigenvalue weighted by atomic mass is 35.5. The van der Waals surface area contributed by atoms with Crippen molar-refractivity contribution in [1.29, 1.82) is 0 Å². The van der Waals surface area contributed by atoms with Crippen LogP contribution in [0.15, 0.2) is 42.5 Å². The molecule has 2 N–H and O–H groups in total. The Kier molecular flexibility index (Phi) is 4.82. The van der Waals surface area contributed by atoms with Gasteiger partial charge in [-0.2, -0.15) is 13.2 Å². The lowest BCUT2D eigenvalue weighted by molar-refractivity contribution is -0.149. The van der Waals surface area contributed by atoms with Crippen LogP contribution in [0.2, 0.25) is 5.02 Å². The third kappa shape index (κ3) is 4.14. The van der Waals surface area contributed by atoms with Crippen molar-refractivity contribution >= 4 is 17.6 Å². The van der Waals surface area contributed by atoms with E-state index in [1.165, 1.54) is 24.3 Å². The Labute approximate surface area is 133 Å². The number of hydrogen-bond acceptors (Lipinski definition) is 3. The average molecular weight is 347 g/mol. The van der Waals surface area contributed by atoms with E-state index in [-0.39, 0.29) is 11.5 Å². The number of carbonyl (C=O) groups is 1. The maximum atomic E-state index is 13.1. The normalized spacial score (nSPS) is 12.7. The highest BCUT2D eigenvalue weighted by Gasteiger charge is 2.37. The molecule has 0 aliphatic heterocycles. The first kappa shape index (κ1) is 17.1. The van der Waals surface area contributed by atoms with Crippen LogP contribution in [-0.4, -0.2) is 16.2 Å². The molecule has 122 valence electrons. The smallest absolute Gasteiger partial charge is 0.416 e. The summed E-state index contributed by atoms with van der Waals surface area (Å²) in [6, 6.07) is 8.59. The number of aliphatic hydroxyl groups is 1. The molecule has 0 aliphatic carbocycles. The molecule has 2 aromatic rings. The van der Waals surface area contributed by atoms with Crippen molar-refractivity contribution in [2.45, 2.75) is 12.3 Å². The Morgan fingerprint density at radius 3 is 2.17 bits per heavy atom. The molecule has 4 nitrogen and oxygen atoms in total. The minimum Gasteiger partial charge on any atom is -0.479 e. The topological polar surface area (TPSA) is 66.8 Å². The van der Waals surface area contributed by atoms with Gasteiger partial charge < -0.3 is 14.9 Å². The van der Waals surface area contributed by atoms with E-state index in [0.717, 1.165) is 12.1 Å². The Bertz CT molecular complexity index is 714. The highest BCUT2D eigenvalue weighted by Crippen LogP contribution is 2.38. The number of halogens is 4. The molecule has 0 aliphatic rings. The van der Waals surface area contributed by atoms with E-state index in [2.05, 4.69) is 0 Å². The molecule has 0 saturated heterocycles. The predicted molar refractivity (Wildman–Crippen MR) is 75.6 cm³/mol. The van der Waals surface area contributed by atoms with Crippen molar-refractivity contribution in [3.05, 3.63) is 58.6 Å². The van der Waals surface area contributed by atoms with Crippen LogP contribution in [0.1, 0.15) is 17.2 Å². The van der Waals surface area contributed by atoms with Crippen LogP contribution in [0.25, 0.3) is 0 Å². The fraction of sp³-hybridized carbons (Fsp3) is 0.133. The SMILES string of the molecule is O=C(O)C(O)c1ccc(Oc2ccc(Cl)cc2)cc1C(F)(F)F. The lowest BCUT2D eigenvalue weighted by atomic mass is 10.0. The number of benzene rings is 2. The summed E-state index contributed by atoms with van der Waals surface area (Å²) in [5, 5.41) is 18.5. The van der Waals surface area contributed by atoms with Gasteiger partial charge >= 0.3 is 12.1 Å². The van der Waals surface area contributed by atoms with Gasteiger partial charge in [0, 0.05) is 10.6 Å². The standard InChI is InChI=1S/C15H10ClF3O4/c16-8-1-3-9(4-2-8)23-10-5-6-11(13(20)14(21)22)12(7-10)15(17,18)19/h1-7,13,20H,(H,21,22). The quantitative estimate of drug-likeness (QED) is 0.867. The lowest BCUT2D eigenvalue weighted by Crippen LogP contribution is -2.17. The Morgan fingerprint density at radius 2 is 1.65 bits per heavy atom. The van der Waals surface area contributed by atoms with Gasteiger partial charge in [-0.15, -0.1) is 0 Å². The fourth-order valence-corrected chi connectivity index (χ4v) is 1.98. The third-order valence-electron chi connectivity index (χ3n) is 2.91. The molecule has 1 atom stereocenters. The summed E-state index contributed by atoms with van der Waals surface area (Å²) in [7, 11) is 0. The van der Waals surface area contributed by atoms with Gasteiger partial charge in [-0.3, -0.25) is 0 Å². The largest absolute Gasteiger partial charge is 0.479 e. The molecule has 2 rings (SSSR count). The zero-order valence-electron chi connectivity index (χ0n) is 11.3. The van der Waals surface area contributed by atoms with E-state index in [0.29, 0.717) is 11.1 Å². The number of alkyl halides is 3. The van der Waals surface area contributed by atoms with Crippen LogP contribution in [0.5, 0.6) is 11.5 Å². The van der Waals surface area contributed by atoms with Gasteiger partial charge in [-0.25, -0.2) is 4.79 Å². The summed E-state index contributed by atoms with van der Waals surface area (Å²) >= 11 is 5.70. The molecule has 23 heavy (non-hydrogen) atoms. The molecule has 2 aromatic carbocycles. The summed E-state index contributed by atoms with van der Waals surface area (Å²) in [5.74, 6) is -1.67. The monoisotopic (exact) mass is 346 g/mol. The second-order valence-electron chi connectivity index (χ2n) is 4.54. The van der Waals surface area contributed by atoms with Crippen molar-refractivity contribution in [2.75, 3.05) is 0 Å². The molecule has 0 spiro atoms.